The molecule has 1 amide bonds. The van der Waals surface area contributed by atoms with E-state index >= 15 is 0 Å². The van der Waals surface area contributed by atoms with Crippen LogP contribution < -0.4 is 5.32 Å². The molecule has 0 fully saturated rings. The average Bonchev–Trinajstić information content (AvgIpc) is 3.30. The number of carbonyl (C=O) groups is 2. The SMILES string of the molecule is CCOC(=O)c1sc2nc(NC(=O)/C=C/c3ccc([N+](=O)[O-])s3)sc2c1C. The quantitative estimate of drug-likeness (QED) is 0.271. The molecule has 0 aliphatic rings. The first-order valence-corrected chi connectivity index (χ1v) is 10.1. The third kappa shape index (κ3) is 4.21. The van der Waals surface area contributed by atoms with E-state index in [0.29, 0.717) is 26.3 Å². The largest absolute Gasteiger partial charge is 0.462 e. The van der Waals surface area contributed by atoms with Crippen molar-refractivity contribution in [2.45, 2.75) is 13.8 Å². The molecule has 11 heteroatoms. The molecule has 0 saturated heterocycles. The number of hydrogen-bond acceptors (Lipinski definition) is 9. The predicted octanol–water partition coefficient (Wildman–Crippen LogP) is 4.46. The van der Waals surface area contributed by atoms with Crippen LogP contribution in [0.25, 0.3) is 15.6 Å². The summed E-state index contributed by atoms with van der Waals surface area (Å²) in [7, 11) is 0. The Labute approximate surface area is 165 Å². The van der Waals surface area contributed by atoms with Gasteiger partial charge in [0.15, 0.2) is 5.13 Å². The van der Waals surface area contributed by atoms with Gasteiger partial charge < -0.3 is 4.74 Å². The number of thiazole rings is 1. The highest BCUT2D eigenvalue weighted by Gasteiger charge is 2.20. The molecule has 0 aromatic carbocycles. The smallest absolute Gasteiger partial charge is 0.348 e. The van der Waals surface area contributed by atoms with Crippen LogP contribution in [0.4, 0.5) is 10.1 Å². The van der Waals surface area contributed by atoms with Gasteiger partial charge in [-0.15, -0.1) is 11.3 Å². The maximum Gasteiger partial charge on any atom is 0.348 e. The van der Waals surface area contributed by atoms with Crippen molar-refractivity contribution in [1.82, 2.24) is 4.98 Å². The van der Waals surface area contributed by atoms with E-state index in [0.717, 1.165) is 21.6 Å². The minimum atomic E-state index is -0.475. The molecule has 0 saturated carbocycles. The van der Waals surface area contributed by atoms with Gasteiger partial charge in [0, 0.05) is 17.0 Å². The Morgan fingerprint density at radius 3 is 2.74 bits per heavy atom. The van der Waals surface area contributed by atoms with Crippen LogP contribution in [0.3, 0.4) is 0 Å². The van der Waals surface area contributed by atoms with Crippen LogP contribution in [0.1, 0.15) is 27.0 Å². The fourth-order valence-corrected chi connectivity index (χ4v) is 5.11. The van der Waals surface area contributed by atoms with Gasteiger partial charge in [-0.3, -0.25) is 20.2 Å². The Balaban J connectivity index is 1.70. The van der Waals surface area contributed by atoms with E-state index in [9.17, 15) is 19.7 Å². The van der Waals surface area contributed by atoms with Crippen LogP contribution in [0.2, 0.25) is 0 Å². The number of hydrogen-bond donors (Lipinski definition) is 1. The van der Waals surface area contributed by atoms with E-state index < -0.39 is 10.8 Å². The summed E-state index contributed by atoms with van der Waals surface area (Å²) in [5.74, 6) is -0.764. The maximum absolute atomic E-state index is 12.0. The maximum atomic E-state index is 12.0. The molecule has 0 bridgehead atoms. The van der Waals surface area contributed by atoms with Crippen LogP contribution in [0.5, 0.6) is 0 Å². The van der Waals surface area contributed by atoms with Crippen LogP contribution >= 0.6 is 34.0 Å². The Hall–Kier alpha value is -2.63. The number of nitrogens with zero attached hydrogens (tertiary/aromatic N) is 2. The first-order valence-electron chi connectivity index (χ1n) is 7.69. The summed E-state index contributed by atoms with van der Waals surface area (Å²) in [6.07, 6.45) is 2.80. The van der Waals surface area contributed by atoms with E-state index in [-0.39, 0.29) is 11.0 Å². The van der Waals surface area contributed by atoms with Gasteiger partial charge in [0.1, 0.15) is 9.71 Å². The Morgan fingerprint density at radius 1 is 1.33 bits per heavy atom. The van der Waals surface area contributed by atoms with Gasteiger partial charge in [-0.25, -0.2) is 9.78 Å². The molecule has 8 nitrogen and oxygen atoms in total. The van der Waals surface area contributed by atoms with Crippen molar-refractivity contribution >= 4 is 71.6 Å². The van der Waals surface area contributed by atoms with Crippen LogP contribution in [-0.2, 0) is 9.53 Å². The molecule has 0 unspecified atom stereocenters. The summed E-state index contributed by atoms with van der Waals surface area (Å²) in [6, 6.07) is 2.97. The second-order valence-electron chi connectivity index (χ2n) is 5.19. The van der Waals surface area contributed by atoms with E-state index in [2.05, 4.69) is 10.3 Å². The number of ether oxygens (including phenoxy) is 1. The van der Waals surface area contributed by atoms with E-state index in [1.807, 2.05) is 6.92 Å². The van der Waals surface area contributed by atoms with Crippen LogP contribution in [0.15, 0.2) is 18.2 Å². The topological polar surface area (TPSA) is 111 Å². The van der Waals surface area contributed by atoms with Crippen LogP contribution in [-0.4, -0.2) is 28.4 Å². The number of aromatic nitrogens is 1. The predicted molar refractivity (Wildman–Crippen MR) is 107 cm³/mol. The number of nitro groups is 1. The zero-order chi connectivity index (χ0) is 19.6. The normalized spacial score (nSPS) is 11.2. The summed E-state index contributed by atoms with van der Waals surface area (Å²) in [6.45, 7) is 3.87. The molecular formula is C16H13N3O5S3. The molecule has 3 aromatic heterocycles. The number of esters is 1. The zero-order valence-electron chi connectivity index (χ0n) is 14.2. The summed E-state index contributed by atoms with van der Waals surface area (Å²) in [5.41, 5.74) is 0.785. The van der Waals surface area contributed by atoms with Crippen molar-refractivity contribution in [3.05, 3.63) is 43.6 Å². The Kier molecular flexibility index (Phi) is 5.63. The molecule has 140 valence electrons. The van der Waals surface area contributed by atoms with Crippen molar-refractivity contribution in [2.75, 3.05) is 11.9 Å². The molecular weight excluding hydrogens is 410 g/mol. The molecule has 0 radical (unpaired) electrons. The van der Waals surface area contributed by atoms with Gasteiger partial charge >= 0.3 is 11.0 Å². The van der Waals surface area contributed by atoms with E-state index in [4.69, 9.17) is 4.74 Å². The minimum Gasteiger partial charge on any atom is -0.462 e. The highest BCUT2D eigenvalue weighted by Crippen LogP contribution is 2.37. The standard InChI is InChI=1S/C16H13N3O5S3/c1-3-24-15(21)13-8(2)12-14(26-13)18-16(27-12)17-10(20)6-4-9-5-7-11(25-9)19(22)23/h4-7H,3H2,1-2H3,(H,17,18,20)/b6-4+. The number of carbonyl (C=O) groups excluding carboxylic acids is 2. The van der Waals surface area contributed by atoms with Gasteiger partial charge in [0.25, 0.3) is 0 Å². The van der Waals surface area contributed by atoms with Crippen molar-refractivity contribution in [2.24, 2.45) is 0 Å². The molecule has 1 N–H and O–H groups in total. The highest BCUT2D eigenvalue weighted by atomic mass is 32.1. The zero-order valence-corrected chi connectivity index (χ0v) is 16.6. The summed E-state index contributed by atoms with van der Waals surface area (Å²) < 4.78 is 5.85. The molecule has 3 heterocycles. The molecule has 3 aromatic rings. The van der Waals surface area contributed by atoms with Gasteiger partial charge in [-0.1, -0.05) is 22.7 Å². The molecule has 0 aliphatic carbocycles. The van der Waals surface area contributed by atoms with Crippen molar-refractivity contribution in [3.63, 3.8) is 0 Å². The van der Waals surface area contributed by atoms with Crippen LogP contribution in [0, 0.1) is 17.0 Å². The highest BCUT2D eigenvalue weighted by molar-refractivity contribution is 7.30. The lowest BCUT2D eigenvalue weighted by atomic mass is 10.3. The molecule has 3 rings (SSSR count). The lowest BCUT2D eigenvalue weighted by molar-refractivity contribution is -0.380. The van der Waals surface area contributed by atoms with Gasteiger partial charge in [-0.05, 0) is 31.6 Å². The third-order valence-corrected chi connectivity index (χ3v) is 6.75. The Morgan fingerprint density at radius 2 is 2.11 bits per heavy atom. The van der Waals surface area contributed by atoms with E-state index in [1.54, 1.807) is 13.0 Å². The minimum absolute atomic E-state index is 0.0168. The molecule has 0 atom stereocenters. The monoisotopic (exact) mass is 423 g/mol. The fraction of sp³-hybridized carbons (Fsp3) is 0.188. The summed E-state index contributed by atoms with van der Waals surface area (Å²) in [4.78, 5) is 40.2. The Bertz CT molecular complexity index is 1060. The van der Waals surface area contributed by atoms with Crippen molar-refractivity contribution in [1.29, 1.82) is 0 Å². The first-order chi connectivity index (χ1) is 12.9. The van der Waals surface area contributed by atoms with Gasteiger partial charge in [-0.2, -0.15) is 0 Å². The lowest BCUT2D eigenvalue weighted by Crippen LogP contribution is -2.07. The van der Waals surface area contributed by atoms with E-state index in [1.165, 1.54) is 40.9 Å². The van der Waals surface area contributed by atoms with Gasteiger partial charge in [0.05, 0.1) is 16.2 Å². The average molecular weight is 423 g/mol. The van der Waals surface area contributed by atoms with Crippen molar-refractivity contribution < 1.29 is 19.2 Å². The lowest BCUT2D eigenvalue weighted by Gasteiger charge is -1.99. The molecule has 0 spiro atoms. The number of aryl methyl sites for hydroxylation is 1. The number of nitrogens with one attached hydrogen (secondary N) is 1. The number of rotatable bonds is 6. The fourth-order valence-electron chi connectivity index (χ4n) is 2.17. The number of anilines is 1. The number of fused-ring (bicyclic) bond motifs is 1. The van der Waals surface area contributed by atoms with Gasteiger partial charge in [0.2, 0.25) is 5.91 Å². The third-order valence-electron chi connectivity index (χ3n) is 3.36. The number of amides is 1. The summed E-state index contributed by atoms with van der Waals surface area (Å²) >= 11 is 3.49. The summed E-state index contributed by atoms with van der Waals surface area (Å²) in [5, 5.41) is 13.8. The second kappa shape index (κ2) is 7.94. The second-order valence-corrected chi connectivity index (χ2v) is 8.28. The molecule has 0 aliphatic heterocycles. The van der Waals surface area contributed by atoms with Crippen molar-refractivity contribution in [3.8, 4) is 0 Å². The molecule has 27 heavy (non-hydrogen) atoms. The number of thiophene rings is 2. The first kappa shape index (κ1) is 19.1.